The second-order valence-electron chi connectivity index (χ2n) is 7.05. The molecule has 0 saturated carbocycles. The smallest absolute Gasteiger partial charge is 0.251 e. The first kappa shape index (κ1) is 16.3. The number of nitrogens with one attached hydrogen (secondary N) is 2. The van der Waals surface area contributed by atoms with Gasteiger partial charge in [0.1, 0.15) is 0 Å². The fourth-order valence-electron chi connectivity index (χ4n) is 3.46. The van der Waals surface area contributed by atoms with Crippen LogP contribution < -0.4 is 5.32 Å². The summed E-state index contributed by atoms with van der Waals surface area (Å²) >= 11 is 0. The molecule has 0 saturated heterocycles. The number of hydrogen-bond donors (Lipinski definition) is 2. The molecule has 3 heteroatoms. The van der Waals surface area contributed by atoms with Gasteiger partial charge >= 0.3 is 0 Å². The fraction of sp³-hybridized carbons (Fsp3) is 0.286. The van der Waals surface area contributed by atoms with Gasteiger partial charge in [-0.25, -0.2) is 0 Å². The molecule has 0 radical (unpaired) electrons. The zero-order valence-corrected chi connectivity index (χ0v) is 14.7. The molecule has 0 aliphatic rings. The van der Waals surface area contributed by atoms with Gasteiger partial charge in [0, 0.05) is 34.1 Å². The van der Waals surface area contributed by atoms with Crippen molar-refractivity contribution >= 4 is 16.8 Å². The van der Waals surface area contributed by atoms with Gasteiger partial charge in [0.25, 0.3) is 5.91 Å². The number of rotatable bonds is 4. The van der Waals surface area contributed by atoms with E-state index in [1.807, 2.05) is 37.3 Å². The van der Waals surface area contributed by atoms with E-state index in [1.54, 1.807) is 0 Å². The lowest BCUT2D eigenvalue weighted by Gasteiger charge is -2.26. The van der Waals surface area contributed by atoms with E-state index in [-0.39, 0.29) is 11.3 Å². The van der Waals surface area contributed by atoms with Crippen molar-refractivity contribution < 1.29 is 4.79 Å². The molecule has 0 bridgehead atoms. The molecule has 3 rings (SSSR count). The van der Waals surface area contributed by atoms with Gasteiger partial charge in [-0.15, -0.1) is 0 Å². The van der Waals surface area contributed by atoms with Crippen molar-refractivity contribution in [3.8, 4) is 0 Å². The lowest BCUT2D eigenvalue weighted by Crippen LogP contribution is -2.37. The molecule has 3 nitrogen and oxygen atoms in total. The minimum Gasteiger partial charge on any atom is -0.358 e. The molecule has 3 aromatic rings. The maximum Gasteiger partial charge on any atom is 0.251 e. The first-order chi connectivity index (χ1) is 11.4. The van der Waals surface area contributed by atoms with Crippen molar-refractivity contribution in [1.29, 1.82) is 0 Å². The van der Waals surface area contributed by atoms with Gasteiger partial charge < -0.3 is 10.3 Å². The number of para-hydroxylation sites is 1. The van der Waals surface area contributed by atoms with Crippen molar-refractivity contribution in [1.82, 2.24) is 10.3 Å². The number of aromatic amines is 1. The van der Waals surface area contributed by atoms with E-state index in [0.29, 0.717) is 6.54 Å². The SMILES string of the molecule is Cc1ccccc1C(=O)NCC(C)(C)c1c(C)[nH]c2ccccc12. The third-order valence-corrected chi connectivity index (χ3v) is 4.65. The zero-order chi connectivity index (χ0) is 17.3. The third kappa shape index (κ3) is 2.94. The summed E-state index contributed by atoms with van der Waals surface area (Å²) in [5, 5.41) is 4.33. The Morgan fingerprint density at radius 1 is 1.04 bits per heavy atom. The van der Waals surface area contributed by atoms with E-state index in [1.165, 1.54) is 10.9 Å². The number of fused-ring (bicyclic) bond motifs is 1. The van der Waals surface area contributed by atoms with E-state index in [4.69, 9.17) is 0 Å². The molecule has 24 heavy (non-hydrogen) atoms. The summed E-state index contributed by atoms with van der Waals surface area (Å²) < 4.78 is 0. The van der Waals surface area contributed by atoms with Crippen LogP contribution in [0.3, 0.4) is 0 Å². The van der Waals surface area contributed by atoms with Crippen LogP contribution >= 0.6 is 0 Å². The second kappa shape index (κ2) is 6.16. The van der Waals surface area contributed by atoms with Gasteiger partial charge in [0.15, 0.2) is 0 Å². The Hall–Kier alpha value is -2.55. The Balaban J connectivity index is 1.85. The van der Waals surface area contributed by atoms with Crippen LogP contribution in [0.25, 0.3) is 10.9 Å². The summed E-state index contributed by atoms with van der Waals surface area (Å²) in [6.45, 7) is 8.99. The Kier molecular flexibility index (Phi) is 4.18. The van der Waals surface area contributed by atoms with E-state index in [0.717, 1.165) is 22.3 Å². The van der Waals surface area contributed by atoms with Crippen molar-refractivity contribution in [3.05, 3.63) is 70.9 Å². The van der Waals surface area contributed by atoms with Crippen molar-refractivity contribution in [3.63, 3.8) is 0 Å². The Morgan fingerprint density at radius 2 is 1.71 bits per heavy atom. The largest absolute Gasteiger partial charge is 0.358 e. The van der Waals surface area contributed by atoms with E-state index >= 15 is 0 Å². The molecule has 2 N–H and O–H groups in total. The summed E-state index contributed by atoms with van der Waals surface area (Å²) in [6, 6.07) is 16.0. The summed E-state index contributed by atoms with van der Waals surface area (Å²) in [4.78, 5) is 16.0. The fourth-order valence-corrected chi connectivity index (χ4v) is 3.46. The van der Waals surface area contributed by atoms with Crippen LogP contribution in [0, 0.1) is 13.8 Å². The van der Waals surface area contributed by atoms with Gasteiger partial charge in [0.05, 0.1) is 0 Å². The molecule has 1 amide bonds. The van der Waals surface area contributed by atoms with Crippen LogP contribution in [0.2, 0.25) is 0 Å². The van der Waals surface area contributed by atoms with E-state index in [2.05, 4.69) is 49.3 Å². The van der Waals surface area contributed by atoms with E-state index in [9.17, 15) is 4.79 Å². The second-order valence-corrected chi connectivity index (χ2v) is 7.05. The van der Waals surface area contributed by atoms with Crippen molar-refractivity contribution in [2.75, 3.05) is 6.54 Å². The molecule has 0 aliphatic carbocycles. The van der Waals surface area contributed by atoms with Gasteiger partial charge in [-0.05, 0) is 37.1 Å². The number of aryl methyl sites for hydroxylation is 2. The lowest BCUT2D eigenvalue weighted by molar-refractivity contribution is 0.0945. The van der Waals surface area contributed by atoms with E-state index < -0.39 is 0 Å². The summed E-state index contributed by atoms with van der Waals surface area (Å²) in [5.41, 5.74) is 5.14. The molecular weight excluding hydrogens is 296 g/mol. The molecule has 0 unspecified atom stereocenters. The normalized spacial score (nSPS) is 11.7. The highest BCUT2D eigenvalue weighted by atomic mass is 16.1. The third-order valence-electron chi connectivity index (χ3n) is 4.65. The average Bonchev–Trinajstić information content (AvgIpc) is 2.89. The topological polar surface area (TPSA) is 44.9 Å². The first-order valence-electron chi connectivity index (χ1n) is 8.32. The van der Waals surface area contributed by atoms with Crippen LogP contribution in [-0.2, 0) is 5.41 Å². The molecule has 124 valence electrons. The van der Waals surface area contributed by atoms with Crippen LogP contribution in [0.15, 0.2) is 48.5 Å². The number of carbonyl (C=O) groups excluding carboxylic acids is 1. The molecule has 0 aliphatic heterocycles. The minimum absolute atomic E-state index is 0.0151. The summed E-state index contributed by atoms with van der Waals surface area (Å²) in [6.07, 6.45) is 0. The predicted molar refractivity (Wildman–Crippen MR) is 99.6 cm³/mol. The first-order valence-corrected chi connectivity index (χ1v) is 8.32. The molecule has 1 heterocycles. The number of benzene rings is 2. The summed E-state index contributed by atoms with van der Waals surface area (Å²) in [7, 11) is 0. The average molecular weight is 320 g/mol. The van der Waals surface area contributed by atoms with Crippen LogP contribution in [0.4, 0.5) is 0 Å². The highest BCUT2D eigenvalue weighted by molar-refractivity contribution is 5.95. The monoisotopic (exact) mass is 320 g/mol. The number of hydrogen-bond acceptors (Lipinski definition) is 1. The Morgan fingerprint density at radius 3 is 2.46 bits per heavy atom. The number of aromatic nitrogens is 1. The number of carbonyl (C=O) groups is 1. The predicted octanol–water partition coefficient (Wildman–Crippen LogP) is 4.49. The van der Waals surface area contributed by atoms with Crippen LogP contribution in [0.1, 0.15) is 41.0 Å². The van der Waals surface area contributed by atoms with Gasteiger partial charge in [0.2, 0.25) is 0 Å². The molecule has 0 atom stereocenters. The molecule has 2 aromatic carbocycles. The number of H-pyrrole nitrogens is 1. The standard InChI is InChI=1S/C21H24N2O/c1-14-9-5-6-10-16(14)20(24)22-13-21(3,4)19-15(2)23-18-12-8-7-11-17(18)19/h5-12,23H,13H2,1-4H3,(H,22,24). The molecule has 0 spiro atoms. The Labute approximate surface area is 143 Å². The van der Waals surface area contributed by atoms with Gasteiger partial charge in [-0.2, -0.15) is 0 Å². The maximum absolute atomic E-state index is 12.5. The highest BCUT2D eigenvalue weighted by Crippen LogP contribution is 2.33. The van der Waals surface area contributed by atoms with Crippen molar-refractivity contribution in [2.24, 2.45) is 0 Å². The van der Waals surface area contributed by atoms with Crippen LogP contribution in [-0.4, -0.2) is 17.4 Å². The van der Waals surface area contributed by atoms with Gasteiger partial charge in [-0.1, -0.05) is 50.2 Å². The minimum atomic E-state index is -0.165. The van der Waals surface area contributed by atoms with Gasteiger partial charge in [-0.3, -0.25) is 4.79 Å². The molecular formula is C21H24N2O. The zero-order valence-electron chi connectivity index (χ0n) is 14.7. The quantitative estimate of drug-likeness (QED) is 0.731. The van der Waals surface area contributed by atoms with Crippen molar-refractivity contribution in [2.45, 2.75) is 33.1 Å². The number of amides is 1. The lowest BCUT2D eigenvalue weighted by atomic mass is 9.82. The van der Waals surface area contributed by atoms with Crippen LogP contribution in [0.5, 0.6) is 0 Å². The maximum atomic E-state index is 12.5. The molecule has 0 fully saturated rings. The Bertz CT molecular complexity index is 890. The molecule has 1 aromatic heterocycles. The highest BCUT2D eigenvalue weighted by Gasteiger charge is 2.27. The summed E-state index contributed by atoms with van der Waals surface area (Å²) in [5.74, 6) is -0.0151.